The molecule has 0 bridgehead atoms. The van der Waals surface area contributed by atoms with E-state index in [0.29, 0.717) is 10.6 Å². The average Bonchev–Trinajstić information content (AvgIpc) is 2.76. The zero-order valence-electron chi connectivity index (χ0n) is 15.6. The molecule has 2 N–H and O–H groups in total. The van der Waals surface area contributed by atoms with E-state index in [9.17, 15) is 9.59 Å². The minimum Gasteiger partial charge on any atom is -0.345 e. The Morgan fingerprint density at radius 3 is 2.17 bits per heavy atom. The molecule has 146 valence electrons. The lowest BCUT2D eigenvalue weighted by Crippen LogP contribution is -2.32. The zero-order valence-corrected chi connectivity index (χ0v) is 16.3. The fourth-order valence-corrected chi connectivity index (χ4v) is 2.85. The quantitative estimate of drug-likeness (QED) is 0.453. The van der Waals surface area contributed by atoms with Gasteiger partial charge in [0.05, 0.1) is 18.7 Å². The highest BCUT2D eigenvalue weighted by Gasteiger charge is 2.19. The van der Waals surface area contributed by atoms with Gasteiger partial charge >= 0.3 is 0 Å². The van der Waals surface area contributed by atoms with Crippen LogP contribution in [0.3, 0.4) is 0 Å². The molecule has 1 atom stereocenters. The summed E-state index contributed by atoms with van der Waals surface area (Å²) < 4.78 is 0. The van der Waals surface area contributed by atoms with Crippen LogP contribution in [0.2, 0.25) is 5.02 Å². The topological polar surface area (TPSA) is 70.6 Å². The highest BCUT2D eigenvalue weighted by atomic mass is 35.5. The standard InChI is InChI=1S/C23H20ClN3O2/c24-20-13-11-17(12-14-20)16-25-27-22(28)15-21(18-7-3-1-4-8-18)26-23(29)19-9-5-2-6-10-19/h1-14,16,21H,15H2,(H,26,29)(H,27,28)/b25-16-/t21-/m1/s1. The molecule has 0 radical (unpaired) electrons. The number of carbonyl (C=O) groups excluding carboxylic acids is 2. The van der Waals surface area contributed by atoms with E-state index in [1.54, 1.807) is 48.5 Å². The Balaban J connectivity index is 1.65. The molecule has 0 fully saturated rings. The van der Waals surface area contributed by atoms with Gasteiger partial charge in [-0.2, -0.15) is 5.10 Å². The largest absolute Gasteiger partial charge is 0.345 e. The number of halogens is 1. The van der Waals surface area contributed by atoms with Crippen LogP contribution in [-0.4, -0.2) is 18.0 Å². The van der Waals surface area contributed by atoms with Crippen molar-refractivity contribution >= 4 is 29.6 Å². The number of nitrogens with one attached hydrogen (secondary N) is 2. The third kappa shape index (κ3) is 6.30. The van der Waals surface area contributed by atoms with E-state index in [4.69, 9.17) is 11.6 Å². The van der Waals surface area contributed by atoms with Crippen LogP contribution in [0.1, 0.15) is 33.9 Å². The maximum absolute atomic E-state index is 12.6. The number of nitrogens with zero attached hydrogens (tertiary/aromatic N) is 1. The Kier molecular flexibility index (Phi) is 7.14. The third-order valence-electron chi connectivity index (χ3n) is 4.21. The molecule has 6 heteroatoms. The first-order valence-electron chi connectivity index (χ1n) is 9.10. The Morgan fingerprint density at radius 1 is 0.897 bits per heavy atom. The van der Waals surface area contributed by atoms with Gasteiger partial charge in [0, 0.05) is 10.6 Å². The van der Waals surface area contributed by atoms with Crippen LogP contribution in [0.4, 0.5) is 0 Å². The Bertz CT molecular complexity index is 974. The number of hydrazone groups is 1. The highest BCUT2D eigenvalue weighted by molar-refractivity contribution is 6.30. The number of rotatable bonds is 7. The number of benzene rings is 3. The number of amides is 2. The van der Waals surface area contributed by atoms with Gasteiger partial charge in [-0.25, -0.2) is 5.43 Å². The molecule has 0 aliphatic rings. The molecular formula is C23H20ClN3O2. The van der Waals surface area contributed by atoms with E-state index >= 15 is 0 Å². The maximum atomic E-state index is 12.6. The van der Waals surface area contributed by atoms with E-state index < -0.39 is 6.04 Å². The smallest absolute Gasteiger partial charge is 0.251 e. The van der Waals surface area contributed by atoms with Crippen molar-refractivity contribution in [2.75, 3.05) is 0 Å². The van der Waals surface area contributed by atoms with E-state index in [2.05, 4.69) is 15.8 Å². The van der Waals surface area contributed by atoms with E-state index in [-0.39, 0.29) is 18.2 Å². The summed E-state index contributed by atoms with van der Waals surface area (Å²) in [7, 11) is 0. The van der Waals surface area contributed by atoms with E-state index in [0.717, 1.165) is 11.1 Å². The maximum Gasteiger partial charge on any atom is 0.251 e. The Labute approximate surface area is 174 Å². The SMILES string of the molecule is O=C(C[C@@H](NC(=O)c1ccccc1)c1ccccc1)N/N=C\c1ccc(Cl)cc1. The highest BCUT2D eigenvalue weighted by Crippen LogP contribution is 2.17. The summed E-state index contributed by atoms with van der Waals surface area (Å²) in [6.45, 7) is 0. The minimum absolute atomic E-state index is 0.0561. The molecule has 29 heavy (non-hydrogen) atoms. The summed E-state index contributed by atoms with van der Waals surface area (Å²) >= 11 is 5.85. The summed E-state index contributed by atoms with van der Waals surface area (Å²) in [6, 6.07) is 24.9. The first kappa shape index (κ1) is 20.3. The van der Waals surface area contributed by atoms with Crippen LogP contribution < -0.4 is 10.7 Å². The lowest BCUT2D eigenvalue weighted by Gasteiger charge is -2.18. The normalized spacial score (nSPS) is 11.8. The zero-order chi connectivity index (χ0) is 20.5. The second-order valence-electron chi connectivity index (χ2n) is 6.35. The molecule has 3 aromatic carbocycles. The average molecular weight is 406 g/mol. The van der Waals surface area contributed by atoms with Crippen LogP contribution in [-0.2, 0) is 4.79 Å². The number of hydrogen-bond acceptors (Lipinski definition) is 3. The van der Waals surface area contributed by atoms with Gasteiger partial charge in [0.25, 0.3) is 5.91 Å². The van der Waals surface area contributed by atoms with E-state index in [1.807, 2.05) is 36.4 Å². The van der Waals surface area contributed by atoms with Crippen molar-refractivity contribution in [3.8, 4) is 0 Å². The van der Waals surface area contributed by atoms with Gasteiger partial charge in [0.2, 0.25) is 5.91 Å². The van der Waals surface area contributed by atoms with Gasteiger partial charge in [-0.15, -0.1) is 0 Å². The molecule has 0 aliphatic heterocycles. The molecule has 0 aliphatic carbocycles. The van der Waals surface area contributed by atoms with Crippen molar-refractivity contribution in [3.63, 3.8) is 0 Å². The molecule has 0 heterocycles. The molecular weight excluding hydrogens is 386 g/mol. The second-order valence-corrected chi connectivity index (χ2v) is 6.79. The predicted molar refractivity (Wildman–Crippen MR) is 115 cm³/mol. The first-order chi connectivity index (χ1) is 14.1. The molecule has 2 amide bonds. The van der Waals surface area contributed by atoms with Crippen molar-refractivity contribution in [2.45, 2.75) is 12.5 Å². The molecule has 3 aromatic rings. The predicted octanol–water partition coefficient (Wildman–Crippen LogP) is 4.35. The fraction of sp³-hybridized carbons (Fsp3) is 0.0870. The summed E-state index contributed by atoms with van der Waals surface area (Å²) in [5.41, 5.74) is 4.69. The molecule has 0 spiro atoms. The molecule has 5 nitrogen and oxygen atoms in total. The summed E-state index contributed by atoms with van der Waals surface area (Å²) in [5, 5.41) is 7.53. The van der Waals surface area contributed by atoms with Crippen molar-refractivity contribution < 1.29 is 9.59 Å². The molecule has 0 unspecified atom stereocenters. The second kappa shape index (κ2) is 10.2. The molecule has 0 saturated heterocycles. The summed E-state index contributed by atoms with van der Waals surface area (Å²) in [5.74, 6) is -0.547. The molecule has 3 rings (SSSR count). The Morgan fingerprint density at radius 2 is 1.52 bits per heavy atom. The number of hydrogen-bond donors (Lipinski definition) is 2. The Hall–Kier alpha value is -3.44. The van der Waals surface area contributed by atoms with Crippen molar-refractivity contribution in [3.05, 3.63) is 107 Å². The van der Waals surface area contributed by atoms with Gasteiger partial charge in [0.1, 0.15) is 0 Å². The van der Waals surface area contributed by atoms with Gasteiger partial charge in [-0.1, -0.05) is 72.3 Å². The van der Waals surface area contributed by atoms with Gasteiger partial charge in [-0.3, -0.25) is 9.59 Å². The lowest BCUT2D eigenvalue weighted by molar-refractivity contribution is -0.121. The summed E-state index contributed by atoms with van der Waals surface area (Å²) in [6.07, 6.45) is 1.59. The monoisotopic (exact) mass is 405 g/mol. The first-order valence-corrected chi connectivity index (χ1v) is 9.48. The third-order valence-corrected chi connectivity index (χ3v) is 4.46. The van der Waals surface area contributed by atoms with Gasteiger partial charge in [-0.05, 0) is 35.4 Å². The lowest BCUT2D eigenvalue weighted by atomic mass is 10.0. The van der Waals surface area contributed by atoms with Crippen molar-refractivity contribution in [1.29, 1.82) is 0 Å². The van der Waals surface area contributed by atoms with Crippen LogP contribution in [0.25, 0.3) is 0 Å². The van der Waals surface area contributed by atoms with Crippen LogP contribution >= 0.6 is 11.6 Å². The minimum atomic E-state index is -0.477. The van der Waals surface area contributed by atoms with Crippen LogP contribution in [0, 0.1) is 0 Å². The van der Waals surface area contributed by atoms with Gasteiger partial charge < -0.3 is 5.32 Å². The van der Waals surface area contributed by atoms with Crippen LogP contribution in [0.5, 0.6) is 0 Å². The fourth-order valence-electron chi connectivity index (χ4n) is 2.73. The van der Waals surface area contributed by atoms with Crippen LogP contribution in [0.15, 0.2) is 90.0 Å². The van der Waals surface area contributed by atoms with Crippen molar-refractivity contribution in [1.82, 2.24) is 10.7 Å². The molecule has 0 aromatic heterocycles. The molecule has 0 saturated carbocycles. The number of carbonyl (C=O) groups is 2. The summed E-state index contributed by atoms with van der Waals surface area (Å²) in [4.78, 5) is 24.9. The van der Waals surface area contributed by atoms with E-state index in [1.165, 1.54) is 6.21 Å². The van der Waals surface area contributed by atoms with Gasteiger partial charge in [0.15, 0.2) is 0 Å². The van der Waals surface area contributed by atoms with Crippen molar-refractivity contribution in [2.24, 2.45) is 5.10 Å².